The number of para-hydroxylation sites is 1. The number of aromatic amines is 1. The number of amides is 1. The minimum atomic E-state index is -0.229. The lowest BCUT2D eigenvalue weighted by molar-refractivity contribution is -0.120. The van der Waals surface area contributed by atoms with Gasteiger partial charge in [0, 0.05) is 16.8 Å². The van der Waals surface area contributed by atoms with Gasteiger partial charge < -0.3 is 10.3 Å². The zero-order valence-corrected chi connectivity index (χ0v) is 12.8. The standard InChI is InChI=1S/C18H17N3O2/c1-12-5-4-7-15(20-12)11-19-17(22)10-14-9-13-6-2-3-8-16(13)21-18(14)23/h2-9H,10-11H2,1H3,(H,19,22)(H,21,23). The maximum Gasteiger partial charge on any atom is 0.252 e. The fourth-order valence-corrected chi connectivity index (χ4v) is 2.45. The fraction of sp³-hybridized carbons (Fsp3) is 0.167. The topological polar surface area (TPSA) is 74.8 Å². The van der Waals surface area contributed by atoms with Crippen molar-refractivity contribution in [2.45, 2.75) is 19.9 Å². The molecule has 1 aromatic carbocycles. The van der Waals surface area contributed by atoms with E-state index in [0.29, 0.717) is 12.1 Å². The van der Waals surface area contributed by atoms with E-state index in [1.165, 1.54) is 0 Å². The molecular weight excluding hydrogens is 290 g/mol. The van der Waals surface area contributed by atoms with Crippen LogP contribution in [0.15, 0.2) is 53.3 Å². The Hall–Kier alpha value is -2.95. The zero-order chi connectivity index (χ0) is 16.2. The molecular formula is C18H17N3O2. The lowest BCUT2D eigenvalue weighted by atomic mass is 10.1. The second kappa shape index (κ2) is 6.44. The average Bonchev–Trinajstić information content (AvgIpc) is 2.54. The van der Waals surface area contributed by atoms with Crippen LogP contribution in [0.2, 0.25) is 0 Å². The molecule has 2 N–H and O–H groups in total. The van der Waals surface area contributed by atoms with E-state index in [2.05, 4.69) is 15.3 Å². The number of aryl methyl sites for hydroxylation is 1. The first-order chi connectivity index (χ1) is 11.1. The molecule has 5 heteroatoms. The van der Waals surface area contributed by atoms with Crippen molar-refractivity contribution in [2.24, 2.45) is 0 Å². The maximum absolute atomic E-state index is 12.1. The van der Waals surface area contributed by atoms with Gasteiger partial charge in [-0.15, -0.1) is 0 Å². The largest absolute Gasteiger partial charge is 0.350 e. The van der Waals surface area contributed by atoms with Crippen LogP contribution in [0, 0.1) is 6.92 Å². The number of nitrogens with zero attached hydrogens (tertiary/aromatic N) is 1. The van der Waals surface area contributed by atoms with Crippen LogP contribution in [-0.4, -0.2) is 15.9 Å². The Morgan fingerprint density at radius 1 is 1.17 bits per heavy atom. The van der Waals surface area contributed by atoms with Gasteiger partial charge in [0.2, 0.25) is 5.91 Å². The van der Waals surface area contributed by atoms with E-state index in [1.54, 1.807) is 6.07 Å². The van der Waals surface area contributed by atoms with Crippen molar-refractivity contribution < 1.29 is 4.79 Å². The van der Waals surface area contributed by atoms with Gasteiger partial charge in [-0.25, -0.2) is 0 Å². The molecule has 3 rings (SSSR count). The summed E-state index contributed by atoms with van der Waals surface area (Å²) in [7, 11) is 0. The quantitative estimate of drug-likeness (QED) is 0.775. The van der Waals surface area contributed by atoms with Crippen molar-refractivity contribution in [1.82, 2.24) is 15.3 Å². The Balaban J connectivity index is 1.70. The van der Waals surface area contributed by atoms with Gasteiger partial charge in [-0.05, 0) is 36.6 Å². The number of carbonyl (C=O) groups excluding carboxylic acids is 1. The molecule has 0 saturated carbocycles. The minimum absolute atomic E-state index is 0.0476. The van der Waals surface area contributed by atoms with Crippen LogP contribution in [0.25, 0.3) is 10.9 Å². The van der Waals surface area contributed by atoms with Crippen LogP contribution in [0.3, 0.4) is 0 Å². The molecule has 2 heterocycles. The third-order valence-corrected chi connectivity index (χ3v) is 3.59. The van der Waals surface area contributed by atoms with Crippen molar-refractivity contribution in [3.05, 3.63) is 75.8 Å². The van der Waals surface area contributed by atoms with Crippen LogP contribution in [-0.2, 0) is 17.8 Å². The molecule has 0 radical (unpaired) electrons. The number of rotatable bonds is 4. The van der Waals surface area contributed by atoms with Crippen LogP contribution in [0.5, 0.6) is 0 Å². The third kappa shape index (κ3) is 3.63. The molecule has 0 bridgehead atoms. The first-order valence-corrected chi connectivity index (χ1v) is 7.42. The summed E-state index contributed by atoms with van der Waals surface area (Å²) >= 11 is 0. The number of nitrogens with one attached hydrogen (secondary N) is 2. The Morgan fingerprint density at radius 3 is 2.83 bits per heavy atom. The molecule has 3 aromatic rings. The third-order valence-electron chi connectivity index (χ3n) is 3.59. The molecule has 0 aliphatic rings. The lowest BCUT2D eigenvalue weighted by Crippen LogP contribution is -2.27. The number of aromatic nitrogens is 2. The summed E-state index contributed by atoms with van der Waals surface area (Å²) < 4.78 is 0. The van der Waals surface area contributed by atoms with Gasteiger partial charge in [-0.1, -0.05) is 24.3 Å². The molecule has 116 valence electrons. The molecule has 0 spiro atoms. The molecule has 0 unspecified atom stereocenters. The Morgan fingerprint density at radius 2 is 2.00 bits per heavy atom. The number of hydrogen-bond donors (Lipinski definition) is 2. The molecule has 0 atom stereocenters. The van der Waals surface area contributed by atoms with Gasteiger partial charge in [-0.3, -0.25) is 14.6 Å². The Kier molecular flexibility index (Phi) is 4.19. The Labute approximate surface area is 133 Å². The number of benzene rings is 1. The molecule has 0 fully saturated rings. The maximum atomic E-state index is 12.1. The van der Waals surface area contributed by atoms with E-state index in [9.17, 15) is 9.59 Å². The number of H-pyrrole nitrogens is 1. The summed E-state index contributed by atoms with van der Waals surface area (Å²) in [5, 5.41) is 3.71. The lowest BCUT2D eigenvalue weighted by Gasteiger charge is -2.06. The molecule has 0 aliphatic heterocycles. The van der Waals surface area contributed by atoms with Crippen LogP contribution < -0.4 is 10.9 Å². The van der Waals surface area contributed by atoms with Gasteiger partial charge in [0.05, 0.1) is 18.7 Å². The molecule has 5 nitrogen and oxygen atoms in total. The molecule has 23 heavy (non-hydrogen) atoms. The monoisotopic (exact) mass is 307 g/mol. The number of fused-ring (bicyclic) bond motifs is 1. The summed E-state index contributed by atoms with van der Waals surface area (Å²) in [5.74, 6) is -0.200. The van der Waals surface area contributed by atoms with Gasteiger partial charge in [-0.2, -0.15) is 0 Å². The van der Waals surface area contributed by atoms with Crippen LogP contribution in [0.4, 0.5) is 0 Å². The fourth-order valence-electron chi connectivity index (χ4n) is 2.45. The van der Waals surface area contributed by atoms with Gasteiger partial charge in [0.1, 0.15) is 0 Å². The number of pyridine rings is 2. The molecule has 2 aromatic heterocycles. The number of carbonyl (C=O) groups is 1. The van der Waals surface area contributed by atoms with E-state index < -0.39 is 0 Å². The van der Waals surface area contributed by atoms with Gasteiger partial charge in [0.15, 0.2) is 0 Å². The van der Waals surface area contributed by atoms with Gasteiger partial charge >= 0.3 is 0 Å². The van der Waals surface area contributed by atoms with E-state index in [0.717, 1.165) is 22.3 Å². The van der Waals surface area contributed by atoms with Crippen molar-refractivity contribution in [2.75, 3.05) is 0 Å². The van der Waals surface area contributed by atoms with Crippen molar-refractivity contribution in [3.63, 3.8) is 0 Å². The van der Waals surface area contributed by atoms with Crippen LogP contribution in [0.1, 0.15) is 17.0 Å². The summed E-state index contributed by atoms with van der Waals surface area (Å²) in [5.41, 5.74) is 2.70. The van der Waals surface area contributed by atoms with Crippen molar-refractivity contribution in [1.29, 1.82) is 0 Å². The van der Waals surface area contributed by atoms with Crippen LogP contribution >= 0.6 is 0 Å². The molecule has 1 amide bonds. The van der Waals surface area contributed by atoms with E-state index in [1.807, 2.05) is 49.4 Å². The van der Waals surface area contributed by atoms with E-state index >= 15 is 0 Å². The summed E-state index contributed by atoms with van der Waals surface area (Å²) in [6, 6.07) is 14.9. The average molecular weight is 307 g/mol. The SMILES string of the molecule is Cc1cccc(CNC(=O)Cc2cc3ccccc3[nH]c2=O)n1. The Bertz CT molecular complexity index is 915. The van der Waals surface area contributed by atoms with E-state index in [4.69, 9.17) is 0 Å². The first kappa shape index (κ1) is 15.0. The molecule has 0 aliphatic carbocycles. The normalized spacial score (nSPS) is 10.7. The predicted octanol–water partition coefficient (Wildman–Crippen LogP) is 2.09. The summed E-state index contributed by atoms with van der Waals surface area (Å²) in [4.78, 5) is 31.2. The second-order valence-corrected chi connectivity index (χ2v) is 5.43. The minimum Gasteiger partial charge on any atom is -0.350 e. The first-order valence-electron chi connectivity index (χ1n) is 7.42. The highest BCUT2D eigenvalue weighted by molar-refractivity contribution is 5.82. The number of hydrogen-bond acceptors (Lipinski definition) is 3. The van der Waals surface area contributed by atoms with E-state index in [-0.39, 0.29) is 17.9 Å². The highest BCUT2D eigenvalue weighted by Crippen LogP contribution is 2.10. The van der Waals surface area contributed by atoms with Crippen molar-refractivity contribution in [3.8, 4) is 0 Å². The zero-order valence-electron chi connectivity index (χ0n) is 12.8. The molecule has 0 saturated heterocycles. The van der Waals surface area contributed by atoms with Gasteiger partial charge in [0.25, 0.3) is 5.56 Å². The second-order valence-electron chi connectivity index (χ2n) is 5.43. The summed E-state index contributed by atoms with van der Waals surface area (Å²) in [6.45, 7) is 2.26. The predicted molar refractivity (Wildman–Crippen MR) is 89.1 cm³/mol. The smallest absolute Gasteiger partial charge is 0.252 e. The van der Waals surface area contributed by atoms with Crippen molar-refractivity contribution >= 4 is 16.8 Å². The highest BCUT2D eigenvalue weighted by atomic mass is 16.2. The highest BCUT2D eigenvalue weighted by Gasteiger charge is 2.08. The summed E-state index contributed by atoms with van der Waals surface area (Å²) in [6.07, 6.45) is 0.0476.